The summed E-state index contributed by atoms with van der Waals surface area (Å²) in [4.78, 5) is 4.00. The van der Waals surface area contributed by atoms with Gasteiger partial charge in [0, 0.05) is 6.20 Å². The van der Waals surface area contributed by atoms with Gasteiger partial charge in [-0.05, 0) is 12.1 Å². The van der Waals surface area contributed by atoms with Crippen LogP contribution in [0.1, 0.15) is 17.5 Å². The second kappa shape index (κ2) is 3.32. The average molecular weight is 176 g/mol. The average Bonchev–Trinajstić information content (AvgIpc) is 2.71. The van der Waals surface area contributed by atoms with Crippen molar-refractivity contribution in [2.24, 2.45) is 0 Å². The third-order valence-corrected chi connectivity index (χ3v) is 1.68. The molecule has 0 aliphatic carbocycles. The number of nitrogens with one attached hydrogen (secondary N) is 1. The second-order valence-corrected chi connectivity index (χ2v) is 2.55. The SMILES string of the molecule is OC(c1ccccn1)c1cn[nH]n1. The maximum Gasteiger partial charge on any atom is 0.141 e. The Bertz CT molecular complexity index is 359. The van der Waals surface area contributed by atoms with Crippen LogP contribution in [0.3, 0.4) is 0 Å². The van der Waals surface area contributed by atoms with E-state index in [2.05, 4.69) is 20.4 Å². The number of pyridine rings is 1. The van der Waals surface area contributed by atoms with Crippen molar-refractivity contribution >= 4 is 0 Å². The molecule has 0 aliphatic heterocycles. The molecule has 0 spiro atoms. The van der Waals surface area contributed by atoms with Crippen LogP contribution in [0.4, 0.5) is 0 Å². The Morgan fingerprint density at radius 1 is 1.31 bits per heavy atom. The van der Waals surface area contributed by atoms with Gasteiger partial charge < -0.3 is 5.11 Å². The molecule has 1 atom stereocenters. The molecule has 0 bridgehead atoms. The number of hydrogen-bond donors (Lipinski definition) is 2. The summed E-state index contributed by atoms with van der Waals surface area (Å²) < 4.78 is 0. The van der Waals surface area contributed by atoms with Crippen LogP contribution in [-0.2, 0) is 0 Å². The number of rotatable bonds is 2. The number of aliphatic hydroxyl groups is 1. The molecule has 0 saturated carbocycles. The van der Waals surface area contributed by atoms with Crippen molar-refractivity contribution in [3.63, 3.8) is 0 Å². The number of aliphatic hydroxyl groups excluding tert-OH is 1. The number of aromatic nitrogens is 4. The standard InChI is InChI=1S/C8H8N4O/c13-8(7-5-10-12-11-7)6-3-1-2-4-9-6/h1-5,8,13H,(H,10,11,12). The van der Waals surface area contributed by atoms with Crippen LogP contribution >= 0.6 is 0 Å². The minimum Gasteiger partial charge on any atom is -0.380 e. The van der Waals surface area contributed by atoms with Crippen molar-refractivity contribution in [3.8, 4) is 0 Å². The molecule has 0 fully saturated rings. The molecule has 5 heteroatoms. The van der Waals surface area contributed by atoms with Crippen LogP contribution in [0, 0.1) is 0 Å². The van der Waals surface area contributed by atoms with Crippen molar-refractivity contribution < 1.29 is 5.11 Å². The second-order valence-electron chi connectivity index (χ2n) is 2.55. The van der Waals surface area contributed by atoms with Gasteiger partial charge in [0.15, 0.2) is 0 Å². The smallest absolute Gasteiger partial charge is 0.141 e. The van der Waals surface area contributed by atoms with Crippen LogP contribution in [0.5, 0.6) is 0 Å². The molecule has 2 rings (SSSR count). The van der Waals surface area contributed by atoms with Gasteiger partial charge in [-0.15, -0.1) is 0 Å². The van der Waals surface area contributed by atoms with Crippen LogP contribution < -0.4 is 0 Å². The van der Waals surface area contributed by atoms with E-state index in [9.17, 15) is 5.11 Å². The lowest BCUT2D eigenvalue weighted by atomic mass is 10.2. The van der Waals surface area contributed by atoms with Gasteiger partial charge in [-0.1, -0.05) is 6.07 Å². The fourth-order valence-corrected chi connectivity index (χ4v) is 1.03. The molecule has 1 unspecified atom stereocenters. The Labute approximate surface area is 74.5 Å². The Hall–Kier alpha value is -1.75. The van der Waals surface area contributed by atoms with E-state index in [1.807, 2.05) is 6.07 Å². The Morgan fingerprint density at radius 3 is 2.85 bits per heavy atom. The van der Waals surface area contributed by atoms with E-state index in [-0.39, 0.29) is 0 Å². The maximum atomic E-state index is 9.70. The third kappa shape index (κ3) is 1.54. The highest BCUT2D eigenvalue weighted by molar-refractivity contribution is 5.15. The summed E-state index contributed by atoms with van der Waals surface area (Å²) in [5, 5.41) is 19.5. The zero-order chi connectivity index (χ0) is 9.10. The summed E-state index contributed by atoms with van der Waals surface area (Å²) in [6.45, 7) is 0. The molecule has 0 radical (unpaired) electrons. The summed E-state index contributed by atoms with van der Waals surface area (Å²) in [7, 11) is 0. The quantitative estimate of drug-likeness (QED) is 0.689. The lowest BCUT2D eigenvalue weighted by molar-refractivity contribution is 0.210. The summed E-state index contributed by atoms with van der Waals surface area (Å²) in [5.74, 6) is 0. The van der Waals surface area contributed by atoms with Gasteiger partial charge in [-0.3, -0.25) is 4.98 Å². The molecule has 2 heterocycles. The largest absolute Gasteiger partial charge is 0.380 e. The van der Waals surface area contributed by atoms with E-state index in [4.69, 9.17) is 0 Å². The van der Waals surface area contributed by atoms with Crippen LogP contribution in [0.15, 0.2) is 30.6 Å². The highest BCUT2D eigenvalue weighted by Crippen LogP contribution is 2.15. The minimum absolute atomic E-state index is 0.471. The molecule has 0 saturated heterocycles. The molecule has 0 aliphatic rings. The lowest BCUT2D eigenvalue weighted by Crippen LogP contribution is -2.01. The van der Waals surface area contributed by atoms with Crippen molar-refractivity contribution in [2.45, 2.75) is 6.10 Å². The molecular formula is C8H8N4O. The first-order valence-electron chi connectivity index (χ1n) is 3.82. The topological polar surface area (TPSA) is 74.7 Å². The van der Waals surface area contributed by atoms with E-state index in [0.29, 0.717) is 11.4 Å². The number of aromatic amines is 1. The summed E-state index contributed by atoms with van der Waals surface area (Å²) >= 11 is 0. The molecule has 66 valence electrons. The monoisotopic (exact) mass is 176 g/mol. The summed E-state index contributed by atoms with van der Waals surface area (Å²) in [6, 6.07) is 5.34. The molecule has 13 heavy (non-hydrogen) atoms. The van der Waals surface area contributed by atoms with Gasteiger partial charge in [0.25, 0.3) is 0 Å². The van der Waals surface area contributed by atoms with Gasteiger partial charge in [0.05, 0.1) is 11.9 Å². The van der Waals surface area contributed by atoms with Gasteiger partial charge >= 0.3 is 0 Å². The van der Waals surface area contributed by atoms with Crippen molar-refractivity contribution in [1.82, 2.24) is 20.4 Å². The maximum absolute atomic E-state index is 9.70. The van der Waals surface area contributed by atoms with Crippen molar-refractivity contribution in [3.05, 3.63) is 42.0 Å². The van der Waals surface area contributed by atoms with E-state index in [1.165, 1.54) is 6.20 Å². The van der Waals surface area contributed by atoms with E-state index < -0.39 is 6.10 Å². The number of H-pyrrole nitrogens is 1. The molecule has 0 amide bonds. The molecule has 5 nitrogen and oxygen atoms in total. The first-order chi connectivity index (χ1) is 6.38. The normalized spacial score (nSPS) is 12.7. The molecule has 2 aromatic rings. The Kier molecular flexibility index (Phi) is 2.01. The van der Waals surface area contributed by atoms with Gasteiger partial charge in [-0.25, -0.2) is 0 Å². The third-order valence-electron chi connectivity index (χ3n) is 1.68. The molecular weight excluding hydrogens is 168 g/mol. The first-order valence-corrected chi connectivity index (χ1v) is 3.82. The van der Waals surface area contributed by atoms with Gasteiger partial charge in [0.1, 0.15) is 11.8 Å². The van der Waals surface area contributed by atoms with E-state index in [1.54, 1.807) is 18.3 Å². The fraction of sp³-hybridized carbons (Fsp3) is 0.125. The van der Waals surface area contributed by atoms with Crippen LogP contribution in [-0.4, -0.2) is 25.5 Å². The highest BCUT2D eigenvalue weighted by atomic mass is 16.3. The van der Waals surface area contributed by atoms with Crippen LogP contribution in [0.2, 0.25) is 0 Å². The van der Waals surface area contributed by atoms with Gasteiger partial charge in [-0.2, -0.15) is 15.4 Å². The van der Waals surface area contributed by atoms with E-state index in [0.717, 1.165) is 0 Å². The molecule has 2 N–H and O–H groups in total. The summed E-state index contributed by atoms with van der Waals surface area (Å²) in [6.07, 6.45) is 2.29. The van der Waals surface area contributed by atoms with Gasteiger partial charge in [0.2, 0.25) is 0 Å². The predicted octanol–water partition coefficient (Wildman–Crippen LogP) is 0.281. The van der Waals surface area contributed by atoms with Crippen molar-refractivity contribution in [2.75, 3.05) is 0 Å². The highest BCUT2D eigenvalue weighted by Gasteiger charge is 2.13. The van der Waals surface area contributed by atoms with Crippen molar-refractivity contribution in [1.29, 1.82) is 0 Å². The number of nitrogens with zero attached hydrogens (tertiary/aromatic N) is 3. The Morgan fingerprint density at radius 2 is 2.23 bits per heavy atom. The summed E-state index contributed by atoms with van der Waals surface area (Å²) in [5.41, 5.74) is 1.04. The predicted molar refractivity (Wildman–Crippen MR) is 44.7 cm³/mol. The molecule has 0 aromatic carbocycles. The minimum atomic E-state index is -0.806. The number of hydrogen-bond acceptors (Lipinski definition) is 4. The first kappa shape index (κ1) is 7.88. The zero-order valence-corrected chi connectivity index (χ0v) is 6.75. The molecule has 2 aromatic heterocycles. The van der Waals surface area contributed by atoms with Crippen LogP contribution in [0.25, 0.3) is 0 Å². The lowest BCUT2D eigenvalue weighted by Gasteiger charge is -2.04. The van der Waals surface area contributed by atoms with E-state index >= 15 is 0 Å². The zero-order valence-electron chi connectivity index (χ0n) is 6.75. The fourth-order valence-electron chi connectivity index (χ4n) is 1.03. The Balaban J connectivity index is 2.29.